The van der Waals surface area contributed by atoms with E-state index in [0.717, 1.165) is 11.3 Å². The molecular weight excluding hydrogens is 330 g/mol. The number of carbonyl (C=O) groups is 1. The number of nitrogens with zero attached hydrogens (tertiary/aromatic N) is 5. The number of pyridine rings is 1. The van der Waals surface area contributed by atoms with Crippen LogP contribution in [0.15, 0.2) is 70.4 Å². The van der Waals surface area contributed by atoms with Gasteiger partial charge in [-0.1, -0.05) is 23.3 Å². The van der Waals surface area contributed by atoms with E-state index in [1.165, 1.54) is 6.20 Å². The number of ether oxygens (including phenoxy) is 1. The van der Waals surface area contributed by atoms with Crippen LogP contribution in [0, 0.1) is 0 Å². The second-order valence-electron chi connectivity index (χ2n) is 5.97. The van der Waals surface area contributed by atoms with Gasteiger partial charge in [-0.25, -0.2) is 4.79 Å². The molecule has 130 valence electrons. The number of hydrogen-bond acceptors (Lipinski definition) is 5. The molecule has 0 fully saturated rings. The predicted molar refractivity (Wildman–Crippen MR) is 98.1 cm³/mol. The molecule has 0 bridgehead atoms. The van der Waals surface area contributed by atoms with Crippen molar-refractivity contribution >= 4 is 17.4 Å². The summed E-state index contributed by atoms with van der Waals surface area (Å²) in [5.41, 5.74) is 12.1. The number of carbonyl (C=O) groups excluding carboxylic acids is 1. The van der Waals surface area contributed by atoms with Crippen molar-refractivity contribution in [2.45, 2.75) is 26.2 Å². The summed E-state index contributed by atoms with van der Waals surface area (Å²) in [6.45, 7) is 3.76. The topological polar surface area (TPSA) is 100 Å². The van der Waals surface area contributed by atoms with Crippen molar-refractivity contribution in [1.29, 1.82) is 0 Å². The van der Waals surface area contributed by atoms with Crippen molar-refractivity contribution in [3.05, 3.63) is 81.8 Å². The average Bonchev–Trinajstić information content (AvgIpc) is 2.65. The number of hydrogen-bond donors (Lipinski definition) is 0. The summed E-state index contributed by atoms with van der Waals surface area (Å²) >= 11 is 0. The van der Waals surface area contributed by atoms with Crippen molar-refractivity contribution in [1.82, 2.24) is 4.98 Å². The summed E-state index contributed by atoms with van der Waals surface area (Å²) in [6, 6.07) is 10.6. The Morgan fingerprint density at radius 2 is 2.15 bits per heavy atom. The van der Waals surface area contributed by atoms with Crippen LogP contribution in [0.25, 0.3) is 10.4 Å². The third kappa shape index (κ3) is 3.79. The molecule has 1 aromatic carbocycles. The number of benzene rings is 1. The standard InChI is InChI=1S/C19H17N5O2/c1-12-9-17(14-5-3-7-16(10-14)23-24-20)18(13(2)22-12)26-19(25)15-6-4-8-21-11-15/h3-8,10-11,17H,9H2,1-2H3. The highest BCUT2D eigenvalue weighted by Crippen LogP contribution is 2.36. The van der Waals surface area contributed by atoms with Crippen molar-refractivity contribution in [3.63, 3.8) is 0 Å². The van der Waals surface area contributed by atoms with Crippen LogP contribution in [0.1, 0.15) is 42.1 Å². The van der Waals surface area contributed by atoms with Crippen LogP contribution >= 0.6 is 0 Å². The lowest BCUT2D eigenvalue weighted by Gasteiger charge is -2.25. The van der Waals surface area contributed by atoms with Crippen LogP contribution < -0.4 is 0 Å². The predicted octanol–water partition coefficient (Wildman–Crippen LogP) is 5.06. The van der Waals surface area contributed by atoms with Crippen LogP contribution in [0.4, 0.5) is 5.69 Å². The molecule has 0 spiro atoms. The van der Waals surface area contributed by atoms with Crippen LogP contribution in [-0.4, -0.2) is 16.7 Å². The first kappa shape index (κ1) is 17.4. The first-order chi connectivity index (χ1) is 12.6. The molecule has 1 aliphatic heterocycles. The fourth-order valence-corrected chi connectivity index (χ4v) is 2.94. The highest BCUT2D eigenvalue weighted by atomic mass is 16.5. The summed E-state index contributed by atoms with van der Waals surface area (Å²) in [6.07, 6.45) is 3.68. The molecule has 26 heavy (non-hydrogen) atoms. The molecule has 3 rings (SSSR count). The van der Waals surface area contributed by atoms with Gasteiger partial charge in [0.05, 0.1) is 11.3 Å². The zero-order chi connectivity index (χ0) is 18.5. The minimum absolute atomic E-state index is 0.179. The molecule has 7 heteroatoms. The Kier molecular flexibility index (Phi) is 5.10. The van der Waals surface area contributed by atoms with Crippen LogP contribution in [0.2, 0.25) is 0 Å². The molecule has 0 radical (unpaired) electrons. The lowest BCUT2D eigenvalue weighted by Crippen LogP contribution is -2.18. The average molecular weight is 347 g/mol. The van der Waals surface area contributed by atoms with Crippen molar-refractivity contribution in [2.75, 3.05) is 0 Å². The Bertz CT molecular complexity index is 943. The number of allylic oxidation sites excluding steroid dienone is 2. The SMILES string of the molecule is CC1=NC(C)=C(OC(=O)c2cccnc2)C(c2cccc(N=[N+]=[N-])c2)C1. The molecule has 0 aliphatic carbocycles. The fourth-order valence-electron chi connectivity index (χ4n) is 2.94. The lowest BCUT2D eigenvalue weighted by molar-refractivity contribution is 0.0598. The Balaban J connectivity index is 1.96. The highest BCUT2D eigenvalue weighted by Gasteiger charge is 2.28. The molecule has 1 atom stereocenters. The van der Waals surface area contributed by atoms with E-state index >= 15 is 0 Å². The highest BCUT2D eigenvalue weighted by molar-refractivity contribution is 5.90. The summed E-state index contributed by atoms with van der Waals surface area (Å²) in [4.78, 5) is 23.7. The smallest absolute Gasteiger partial charge is 0.344 e. The zero-order valence-electron chi connectivity index (χ0n) is 14.5. The zero-order valence-corrected chi connectivity index (χ0v) is 14.5. The molecule has 0 amide bonds. The van der Waals surface area contributed by atoms with E-state index in [9.17, 15) is 4.79 Å². The minimum atomic E-state index is -0.474. The second kappa shape index (κ2) is 7.63. The van der Waals surface area contributed by atoms with Crippen LogP contribution in [-0.2, 0) is 4.74 Å². The van der Waals surface area contributed by atoms with Gasteiger partial charge >= 0.3 is 5.97 Å². The summed E-state index contributed by atoms with van der Waals surface area (Å²) in [5, 5.41) is 3.65. The third-order valence-electron chi connectivity index (χ3n) is 4.06. The van der Waals surface area contributed by atoms with Gasteiger partial charge < -0.3 is 4.74 Å². The molecule has 1 aliphatic rings. The number of rotatable bonds is 4. The molecule has 7 nitrogen and oxygen atoms in total. The number of aromatic nitrogens is 1. The van der Waals surface area contributed by atoms with E-state index in [0.29, 0.717) is 29.1 Å². The molecule has 0 saturated carbocycles. The van der Waals surface area contributed by atoms with Crippen molar-refractivity contribution in [3.8, 4) is 0 Å². The van der Waals surface area contributed by atoms with Gasteiger partial charge in [0.25, 0.3) is 0 Å². The molecular formula is C19H17N5O2. The van der Waals surface area contributed by atoms with Crippen molar-refractivity contribution in [2.24, 2.45) is 10.1 Å². The summed E-state index contributed by atoms with van der Waals surface area (Å²) in [5.74, 6) is -0.150. The Morgan fingerprint density at radius 1 is 1.31 bits per heavy atom. The quantitative estimate of drug-likeness (QED) is 0.334. The first-order valence-corrected chi connectivity index (χ1v) is 8.10. The third-order valence-corrected chi connectivity index (χ3v) is 4.06. The van der Waals surface area contributed by atoms with E-state index in [2.05, 4.69) is 20.0 Å². The van der Waals surface area contributed by atoms with Gasteiger partial charge in [0.1, 0.15) is 5.76 Å². The largest absolute Gasteiger partial charge is 0.425 e. The Hall–Kier alpha value is -3.44. The maximum Gasteiger partial charge on any atom is 0.344 e. The Morgan fingerprint density at radius 3 is 2.88 bits per heavy atom. The van der Waals surface area contributed by atoms with Crippen molar-refractivity contribution < 1.29 is 9.53 Å². The number of esters is 1. The van der Waals surface area contributed by atoms with Gasteiger partial charge in [-0.15, -0.1) is 0 Å². The van der Waals surface area contributed by atoms with E-state index < -0.39 is 5.97 Å². The van der Waals surface area contributed by atoms with Gasteiger partial charge in [-0.2, -0.15) is 0 Å². The van der Waals surface area contributed by atoms with Gasteiger partial charge in [0, 0.05) is 34.6 Å². The molecule has 2 heterocycles. The molecule has 0 saturated heterocycles. The maximum absolute atomic E-state index is 12.5. The monoisotopic (exact) mass is 347 g/mol. The molecule has 1 unspecified atom stereocenters. The lowest BCUT2D eigenvalue weighted by atomic mass is 9.89. The van der Waals surface area contributed by atoms with Crippen LogP contribution in [0.3, 0.4) is 0 Å². The molecule has 1 aromatic heterocycles. The maximum atomic E-state index is 12.5. The molecule has 2 aromatic rings. The van der Waals surface area contributed by atoms with E-state index in [1.54, 1.807) is 30.5 Å². The van der Waals surface area contributed by atoms with Crippen LogP contribution in [0.5, 0.6) is 0 Å². The van der Waals surface area contributed by atoms with E-state index in [-0.39, 0.29) is 5.92 Å². The summed E-state index contributed by atoms with van der Waals surface area (Å²) < 4.78 is 5.70. The van der Waals surface area contributed by atoms with Gasteiger partial charge in [0.2, 0.25) is 0 Å². The van der Waals surface area contributed by atoms with E-state index in [1.807, 2.05) is 26.0 Å². The minimum Gasteiger partial charge on any atom is -0.425 e. The second-order valence-corrected chi connectivity index (χ2v) is 5.97. The Labute approximate surface area is 150 Å². The van der Waals surface area contributed by atoms with E-state index in [4.69, 9.17) is 10.3 Å². The van der Waals surface area contributed by atoms with Gasteiger partial charge in [-0.3, -0.25) is 9.98 Å². The number of azide groups is 1. The van der Waals surface area contributed by atoms with Gasteiger partial charge in [-0.05, 0) is 49.6 Å². The number of aliphatic imine (C=N–C) groups is 1. The fraction of sp³-hybridized carbons (Fsp3) is 0.211. The van der Waals surface area contributed by atoms with Gasteiger partial charge in [0.15, 0.2) is 0 Å². The first-order valence-electron chi connectivity index (χ1n) is 8.10. The summed E-state index contributed by atoms with van der Waals surface area (Å²) in [7, 11) is 0. The normalized spacial score (nSPS) is 16.5. The molecule has 0 N–H and O–H groups in total.